The van der Waals surface area contributed by atoms with Gasteiger partial charge in [-0.15, -0.1) is 0 Å². The molecule has 0 aliphatic heterocycles. The van der Waals surface area contributed by atoms with Gasteiger partial charge in [-0.1, -0.05) is 19.1 Å². The Morgan fingerprint density at radius 2 is 1.71 bits per heavy atom. The van der Waals surface area contributed by atoms with Gasteiger partial charge in [0.2, 0.25) is 0 Å². The average Bonchev–Trinajstić information content (AvgIpc) is 3.12. The molecule has 3 aromatic rings. The summed E-state index contributed by atoms with van der Waals surface area (Å²) in [7, 11) is 0. The molecule has 1 atom stereocenters. The highest BCUT2D eigenvalue weighted by Gasteiger charge is 2.43. The predicted molar refractivity (Wildman–Crippen MR) is 112 cm³/mol. The van der Waals surface area contributed by atoms with E-state index >= 15 is 0 Å². The number of aryl methyl sites for hydroxylation is 2. The highest BCUT2D eigenvalue weighted by molar-refractivity contribution is 6.01. The zero-order chi connectivity index (χ0) is 25.4. The zero-order valence-electron chi connectivity index (χ0n) is 18.0. The van der Waals surface area contributed by atoms with E-state index in [1.165, 1.54) is 16.7 Å². The Hall–Kier alpha value is -3.50. The zero-order valence-corrected chi connectivity index (χ0v) is 18.0. The van der Waals surface area contributed by atoms with Gasteiger partial charge < -0.3 is 15.0 Å². The Balaban J connectivity index is 2.07. The number of rotatable bonds is 6. The Kier molecular flexibility index (Phi) is 6.68. The van der Waals surface area contributed by atoms with E-state index in [0.717, 1.165) is 12.1 Å². The lowest BCUT2D eigenvalue weighted by atomic mass is 10.0. The van der Waals surface area contributed by atoms with Crippen molar-refractivity contribution in [1.29, 1.82) is 0 Å². The van der Waals surface area contributed by atoms with Gasteiger partial charge in [0.1, 0.15) is 5.69 Å². The van der Waals surface area contributed by atoms with Gasteiger partial charge in [0.05, 0.1) is 11.1 Å². The normalized spacial score (nSPS) is 13.2. The Morgan fingerprint density at radius 1 is 1.03 bits per heavy atom. The first kappa shape index (κ1) is 25.1. The average molecular weight is 486 g/mol. The highest BCUT2D eigenvalue weighted by atomic mass is 19.4. The van der Waals surface area contributed by atoms with E-state index in [1.807, 2.05) is 0 Å². The molecule has 0 saturated carbocycles. The molecular weight excluding hydrogens is 466 g/mol. The summed E-state index contributed by atoms with van der Waals surface area (Å²) in [6, 6.07) is 4.16. The van der Waals surface area contributed by atoms with Gasteiger partial charge in [-0.3, -0.25) is 4.79 Å². The van der Waals surface area contributed by atoms with Crippen molar-refractivity contribution in [2.24, 2.45) is 0 Å². The number of halogens is 6. The summed E-state index contributed by atoms with van der Waals surface area (Å²) < 4.78 is 81.8. The fourth-order valence-electron chi connectivity index (χ4n) is 3.83. The number of carboxylic acid groups (broad SMARTS) is 1. The summed E-state index contributed by atoms with van der Waals surface area (Å²) in [6.45, 7) is 3.58. The first-order valence-electron chi connectivity index (χ1n) is 10.2. The molecule has 2 N–H and O–H groups in total. The standard InChI is InChI=1S/C23H20F6N2O3/c1-3-12-10-17-14(9-16(12)21(33)34)11-18(31(17)4-2)20(32)30-19(23(27,28)29)13-6-5-7-15(8-13)22(24,25)26/h5-11,19H,3-4H2,1-2H3,(H,30,32)(H,33,34). The molecule has 1 amide bonds. The van der Waals surface area contributed by atoms with Crippen LogP contribution in [0.15, 0.2) is 42.5 Å². The molecule has 11 heteroatoms. The minimum atomic E-state index is -5.07. The fraction of sp³-hybridized carbons (Fsp3) is 0.304. The highest BCUT2D eigenvalue weighted by Crippen LogP contribution is 2.37. The first-order chi connectivity index (χ1) is 15.8. The van der Waals surface area contributed by atoms with E-state index in [2.05, 4.69) is 0 Å². The minimum absolute atomic E-state index is 0.00680. The summed E-state index contributed by atoms with van der Waals surface area (Å²) >= 11 is 0. The summed E-state index contributed by atoms with van der Waals surface area (Å²) in [5, 5.41) is 11.6. The van der Waals surface area contributed by atoms with E-state index in [1.54, 1.807) is 25.2 Å². The molecular formula is C23H20F6N2O3. The van der Waals surface area contributed by atoms with Crippen LogP contribution in [0.2, 0.25) is 0 Å². The number of carbonyl (C=O) groups is 2. The van der Waals surface area contributed by atoms with Crippen molar-refractivity contribution in [2.45, 2.75) is 45.2 Å². The minimum Gasteiger partial charge on any atom is -0.478 e. The SMILES string of the molecule is CCc1cc2c(cc1C(=O)O)cc(C(=O)NC(c1cccc(C(F)(F)F)c1)C(F)(F)F)n2CC. The molecule has 0 aliphatic rings. The van der Waals surface area contributed by atoms with Crippen molar-refractivity contribution in [2.75, 3.05) is 0 Å². The Bertz CT molecular complexity index is 1240. The summed E-state index contributed by atoms with van der Waals surface area (Å²) in [6.07, 6.45) is -9.56. The van der Waals surface area contributed by atoms with Gasteiger partial charge in [0, 0.05) is 17.4 Å². The quantitative estimate of drug-likeness (QED) is 0.422. The number of nitrogens with one attached hydrogen (secondary N) is 1. The lowest BCUT2D eigenvalue weighted by Crippen LogP contribution is -2.39. The van der Waals surface area contributed by atoms with Gasteiger partial charge >= 0.3 is 18.3 Å². The van der Waals surface area contributed by atoms with E-state index in [-0.39, 0.29) is 17.8 Å². The van der Waals surface area contributed by atoms with E-state index in [9.17, 15) is 41.0 Å². The lowest BCUT2D eigenvalue weighted by Gasteiger charge is -2.23. The molecule has 0 radical (unpaired) electrons. The van der Waals surface area contributed by atoms with Crippen LogP contribution in [0.5, 0.6) is 0 Å². The molecule has 2 aromatic carbocycles. The number of fused-ring (bicyclic) bond motifs is 1. The maximum atomic E-state index is 13.8. The molecule has 0 bridgehead atoms. The first-order valence-corrected chi connectivity index (χ1v) is 10.2. The van der Waals surface area contributed by atoms with Crippen LogP contribution in [0.25, 0.3) is 10.9 Å². The molecule has 1 unspecified atom stereocenters. The van der Waals surface area contributed by atoms with Gasteiger partial charge in [0.15, 0.2) is 6.04 Å². The monoisotopic (exact) mass is 486 g/mol. The number of hydrogen-bond acceptors (Lipinski definition) is 2. The number of amides is 1. The van der Waals surface area contributed by atoms with Crippen molar-refractivity contribution >= 4 is 22.8 Å². The summed E-state index contributed by atoms with van der Waals surface area (Å²) in [4.78, 5) is 24.4. The van der Waals surface area contributed by atoms with E-state index in [0.29, 0.717) is 35.0 Å². The number of aromatic nitrogens is 1. The lowest BCUT2D eigenvalue weighted by molar-refractivity contribution is -0.156. The molecule has 3 rings (SSSR count). The smallest absolute Gasteiger partial charge is 0.416 e. The van der Waals surface area contributed by atoms with E-state index < -0.39 is 41.4 Å². The molecule has 182 valence electrons. The van der Waals surface area contributed by atoms with Crippen LogP contribution >= 0.6 is 0 Å². The van der Waals surface area contributed by atoms with Crippen molar-refractivity contribution in [3.8, 4) is 0 Å². The largest absolute Gasteiger partial charge is 0.478 e. The summed E-state index contributed by atoms with van der Waals surface area (Å²) in [5.41, 5.74) is -1.27. The molecule has 5 nitrogen and oxygen atoms in total. The molecule has 0 saturated heterocycles. The van der Waals surface area contributed by atoms with Crippen molar-refractivity contribution < 1.29 is 41.0 Å². The Labute approximate surface area is 190 Å². The molecule has 34 heavy (non-hydrogen) atoms. The number of alkyl halides is 6. The Morgan fingerprint density at radius 3 is 2.24 bits per heavy atom. The molecule has 0 fully saturated rings. The molecule has 1 aromatic heterocycles. The number of aromatic carboxylic acids is 1. The van der Waals surface area contributed by atoms with Crippen molar-refractivity contribution in [3.63, 3.8) is 0 Å². The maximum Gasteiger partial charge on any atom is 0.416 e. The number of benzene rings is 2. The second-order valence-corrected chi connectivity index (χ2v) is 7.57. The van der Waals surface area contributed by atoms with E-state index in [4.69, 9.17) is 0 Å². The van der Waals surface area contributed by atoms with Crippen molar-refractivity contribution in [1.82, 2.24) is 9.88 Å². The van der Waals surface area contributed by atoms with Crippen LogP contribution in [0.4, 0.5) is 26.3 Å². The number of carboxylic acids is 1. The van der Waals surface area contributed by atoms with Crippen LogP contribution in [0.3, 0.4) is 0 Å². The van der Waals surface area contributed by atoms with Crippen LogP contribution in [-0.4, -0.2) is 27.7 Å². The maximum absolute atomic E-state index is 13.8. The van der Waals surface area contributed by atoms with Gasteiger partial charge in [0.25, 0.3) is 5.91 Å². The van der Waals surface area contributed by atoms with Crippen LogP contribution in [0.1, 0.15) is 57.4 Å². The molecule has 1 heterocycles. The number of hydrogen-bond donors (Lipinski definition) is 2. The number of nitrogens with zero attached hydrogens (tertiary/aromatic N) is 1. The third kappa shape index (κ3) is 4.87. The topological polar surface area (TPSA) is 71.3 Å². The fourth-order valence-corrected chi connectivity index (χ4v) is 3.83. The van der Waals surface area contributed by atoms with Crippen LogP contribution in [0, 0.1) is 0 Å². The van der Waals surface area contributed by atoms with Crippen molar-refractivity contribution in [3.05, 3.63) is 70.4 Å². The van der Waals surface area contributed by atoms with Gasteiger partial charge in [-0.2, -0.15) is 26.3 Å². The predicted octanol–water partition coefficient (Wildman–Crippen LogP) is 5.97. The summed E-state index contributed by atoms with van der Waals surface area (Å²) in [5.74, 6) is -2.34. The molecule has 0 aliphatic carbocycles. The van der Waals surface area contributed by atoms with Gasteiger partial charge in [-0.05, 0) is 54.8 Å². The molecule has 0 spiro atoms. The second kappa shape index (κ2) is 9.03. The van der Waals surface area contributed by atoms with Crippen LogP contribution < -0.4 is 5.32 Å². The third-order valence-corrected chi connectivity index (χ3v) is 5.44. The number of carbonyl (C=O) groups excluding carboxylic acids is 1. The van der Waals surface area contributed by atoms with Gasteiger partial charge in [-0.25, -0.2) is 4.79 Å². The third-order valence-electron chi connectivity index (χ3n) is 5.44. The second-order valence-electron chi connectivity index (χ2n) is 7.57. The van der Waals surface area contributed by atoms with Crippen LogP contribution in [-0.2, 0) is 19.1 Å².